The van der Waals surface area contributed by atoms with Crippen LogP contribution in [0.4, 0.5) is 8.78 Å². The molecule has 0 radical (unpaired) electrons. The van der Waals surface area contributed by atoms with Gasteiger partial charge in [-0.05, 0) is 6.42 Å². The summed E-state index contributed by atoms with van der Waals surface area (Å²) in [5.74, 6) is -0.513. The summed E-state index contributed by atoms with van der Waals surface area (Å²) in [7, 11) is 1.20. The summed E-state index contributed by atoms with van der Waals surface area (Å²) in [5, 5.41) is 0. The van der Waals surface area contributed by atoms with Gasteiger partial charge >= 0.3 is 5.97 Å². The molecule has 12 heavy (non-hydrogen) atoms. The summed E-state index contributed by atoms with van der Waals surface area (Å²) in [5.41, 5.74) is 4.96. The first-order valence-electron chi connectivity index (χ1n) is 3.18. The van der Waals surface area contributed by atoms with Crippen LogP contribution >= 0.6 is 12.4 Å². The third-order valence-electron chi connectivity index (χ3n) is 1.23. The lowest BCUT2D eigenvalue weighted by atomic mass is 10.2. The van der Waals surface area contributed by atoms with Gasteiger partial charge in [0.2, 0.25) is 0 Å². The smallest absolute Gasteiger partial charge is 0.305 e. The van der Waals surface area contributed by atoms with Gasteiger partial charge in [0, 0.05) is 6.42 Å². The Labute approximate surface area is 75.7 Å². The van der Waals surface area contributed by atoms with Crippen LogP contribution in [-0.2, 0) is 9.53 Å². The van der Waals surface area contributed by atoms with Crippen LogP contribution in [0.1, 0.15) is 12.8 Å². The number of hydrogen-bond donors (Lipinski definition) is 1. The number of alkyl halides is 2. The van der Waals surface area contributed by atoms with Crippen molar-refractivity contribution < 1.29 is 18.3 Å². The topological polar surface area (TPSA) is 52.3 Å². The molecule has 0 amide bonds. The van der Waals surface area contributed by atoms with Gasteiger partial charge in [-0.15, -0.1) is 12.4 Å². The van der Waals surface area contributed by atoms with E-state index >= 15 is 0 Å². The molecule has 6 heteroatoms. The van der Waals surface area contributed by atoms with Gasteiger partial charge < -0.3 is 10.5 Å². The molecule has 1 atom stereocenters. The molecule has 0 fully saturated rings. The second-order valence-electron chi connectivity index (χ2n) is 2.11. The van der Waals surface area contributed by atoms with Gasteiger partial charge in [0.1, 0.15) is 0 Å². The standard InChI is InChI=1S/C6H11F2NO2.ClH/c1-11-5(10)3-2-4(9)6(7)8;/h4,6H,2-3,9H2,1H3;1H. The zero-order chi connectivity index (χ0) is 8.85. The fraction of sp³-hybridized carbons (Fsp3) is 0.833. The zero-order valence-corrected chi connectivity index (χ0v) is 7.44. The minimum Gasteiger partial charge on any atom is -0.469 e. The minimum atomic E-state index is -2.57. The van der Waals surface area contributed by atoms with E-state index in [9.17, 15) is 13.6 Å². The van der Waals surface area contributed by atoms with Crippen LogP contribution < -0.4 is 5.73 Å². The Balaban J connectivity index is 0. The highest BCUT2D eigenvalue weighted by atomic mass is 35.5. The molecule has 3 nitrogen and oxygen atoms in total. The minimum absolute atomic E-state index is 0. The molecule has 0 heterocycles. The molecule has 0 aliphatic carbocycles. The zero-order valence-electron chi connectivity index (χ0n) is 6.63. The van der Waals surface area contributed by atoms with Gasteiger partial charge in [0.05, 0.1) is 13.2 Å². The molecule has 1 unspecified atom stereocenters. The van der Waals surface area contributed by atoms with E-state index in [1.807, 2.05) is 0 Å². The van der Waals surface area contributed by atoms with Gasteiger partial charge in [0.25, 0.3) is 6.43 Å². The normalized spacial score (nSPS) is 12.1. The van der Waals surface area contributed by atoms with Gasteiger partial charge in [0.15, 0.2) is 0 Å². The van der Waals surface area contributed by atoms with Crippen LogP contribution in [0.25, 0.3) is 0 Å². The molecule has 0 bridgehead atoms. The second-order valence-corrected chi connectivity index (χ2v) is 2.11. The average Bonchev–Trinajstić information content (AvgIpc) is 1.99. The van der Waals surface area contributed by atoms with Crippen LogP contribution in [0.2, 0.25) is 0 Å². The summed E-state index contributed by atoms with van der Waals surface area (Å²) in [6.45, 7) is 0. The Bertz CT molecular complexity index is 135. The fourth-order valence-corrected chi connectivity index (χ4v) is 0.513. The fourth-order valence-electron chi connectivity index (χ4n) is 0.513. The predicted molar refractivity (Wildman–Crippen MR) is 42.5 cm³/mol. The number of carbonyl (C=O) groups excluding carboxylic acids is 1. The van der Waals surface area contributed by atoms with Crippen molar-refractivity contribution in [1.82, 2.24) is 0 Å². The van der Waals surface area contributed by atoms with E-state index in [1.54, 1.807) is 0 Å². The van der Waals surface area contributed by atoms with Crippen LogP contribution in [-0.4, -0.2) is 25.5 Å². The molecule has 0 aromatic rings. The summed E-state index contributed by atoms with van der Waals surface area (Å²) in [4.78, 5) is 10.4. The third kappa shape index (κ3) is 6.30. The van der Waals surface area contributed by atoms with Crippen LogP contribution in [0.3, 0.4) is 0 Å². The number of methoxy groups -OCH3 is 1. The Hall–Kier alpha value is -0.420. The number of ether oxygens (including phenoxy) is 1. The van der Waals surface area contributed by atoms with Crippen molar-refractivity contribution in [1.29, 1.82) is 0 Å². The van der Waals surface area contributed by atoms with E-state index in [-0.39, 0.29) is 25.2 Å². The molecule has 74 valence electrons. The summed E-state index contributed by atoms with van der Waals surface area (Å²) < 4.78 is 27.7. The number of hydrogen-bond acceptors (Lipinski definition) is 3. The van der Waals surface area contributed by atoms with Crippen LogP contribution in [0, 0.1) is 0 Å². The highest BCUT2D eigenvalue weighted by Gasteiger charge is 2.16. The maximum absolute atomic E-state index is 11.7. The molecular formula is C6H12ClF2NO2. The molecule has 0 aliphatic heterocycles. The number of rotatable bonds is 4. The van der Waals surface area contributed by atoms with Crippen molar-refractivity contribution in [2.45, 2.75) is 25.3 Å². The quantitative estimate of drug-likeness (QED) is 0.693. The van der Waals surface area contributed by atoms with Gasteiger partial charge in [-0.3, -0.25) is 4.79 Å². The molecule has 0 saturated heterocycles. The number of halogens is 3. The first-order chi connectivity index (χ1) is 5.07. The maximum atomic E-state index is 11.7. The van der Waals surface area contributed by atoms with Crippen molar-refractivity contribution in [2.24, 2.45) is 5.73 Å². The summed E-state index contributed by atoms with van der Waals surface area (Å²) in [6.07, 6.45) is -2.66. The lowest BCUT2D eigenvalue weighted by Gasteiger charge is -2.07. The summed E-state index contributed by atoms with van der Waals surface area (Å²) in [6, 6.07) is -1.23. The molecule has 0 aromatic heterocycles. The Morgan fingerprint density at radius 1 is 1.58 bits per heavy atom. The number of nitrogens with two attached hydrogens (primary N) is 1. The number of esters is 1. The maximum Gasteiger partial charge on any atom is 0.305 e. The Morgan fingerprint density at radius 2 is 2.08 bits per heavy atom. The molecular weight excluding hydrogens is 192 g/mol. The lowest BCUT2D eigenvalue weighted by Crippen LogP contribution is -2.29. The SMILES string of the molecule is COC(=O)CCC(N)C(F)F.Cl. The molecule has 0 aromatic carbocycles. The molecule has 0 aliphatic rings. The number of carbonyl (C=O) groups is 1. The highest BCUT2D eigenvalue weighted by Crippen LogP contribution is 2.05. The first-order valence-corrected chi connectivity index (χ1v) is 3.18. The van der Waals surface area contributed by atoms with Crippen molar-refractivity contribution >= 4 is 18.4 Å². The van der Waals surface area contributed by atoms with E-state index < -0.39 is 18.4 Å². The van der Waals surface area contributed by atoms with Gasteiger partial charge in [-0.2, -0.15) is 0 Å². The second kappa shape index (κ2) is 7.24. The Kier molecular flexibility index (Phi) is 8.52. The van der Waals surface area contributed by atoms with Gasteiger partial charge in [-0.1, -0.05) is 0 Å². The van der Waals surface area contributed by atoms with Gasteiger partial charge in [-0.25, -0.2) is 8.78 Å². The average molecular weight is 204 g/mol. The molecule has 0 saturated carbocycles. The highest BCUT2D eigenvalue weighted by molar-refractivity contribution is 5.85. The lowest BCUT2D eigenvalue weighted by molar-refractivity contribution is -0.140. The van der Waals surface area contributed by atoms with Crippen molar-refractivity contribution in [3.8, 4) is 0 Å². The summed E-state index contributed by atoms with van der Waals surface area (Å²) >= 11 is 0. The first kappa shape index (κ1) is 14.1. The molecule has 0 rings (SSSR count). The monoisotopic (exact) mass is 203 g/mol. The van der Waals surface area contributed by atoms with Crippen LogP contribution in [0.15, 0.2) is 0 Å². The van der Waals surface area contributed by atoms with Crippen molar-refractivity contribution in [3.05, 3.63) is 0 Å². The largest absolute Gasteiger partial charge is 0.469 e. The molecule has 2 N–H and O–H groups in total. The van der Waals surface area contributed by atoms with E-state index in [1.165, 1.54) is 7.11 Å². The Morgan fingerprint density at radius 3 is 2.42 bits per heavy atom. The van der Waals surface area contributed by atoms with E-state index in [4.69, 9.17) is 5.73 Å². The van der Waals surface area contributed by atoms with E-state index in [0.717, 1.165) is 0 Å². The van der Waals surface area contributed by atoms with Crippen molar-refractivity contribution in [3.63, 3.8) is 0 Å². The third-order valence-corrected chi connectivity index (χ3v) is 1.23. The van der Waals surface area contributed by atoms with E-state index in [0.29, 0.717) is 0 Å². The predicted octanol–water partition coefficient (Wildman–Crippen LogP) is 0.954. The van der Waals surface area contributed by atoms with Crippen LogP contribution in [0.5, 0.6) is 0 Å². The molecule has 0 spiro atoms. The van der Waals surface area contributed by atoms with Crippen molar-refractivity contribution in [2.75, 3.05) is 7.11 Å². The van der Waals surface area contributed by atoms with E-state index in [2.05, 4.69) is 4.74 Å².